The van der Waals surface area contributed by atoms with Crippen molar-refractivity contribution in [3.63, 3.8) is 0 Å². The Balaban J connectivity index is 2.10. The molecule has 0 radical (unpaired) electrons. The molecule has 1 aromatic heterocycles. The van der Waals surface area contributed by atoms with Crippen LogP contribution in [0.25, 0.3) is 17.5 Å². The molecule has 3 aromatic rings. The van der Waals surface area contributed by atoms with Crippen molar-refractivity contribution in [2.24, 2.45) is 5.73 Å². The van der Waals surface area contributed by atoms with Crippen LogP contribution < -0.4 is 39.4 Å². The highest BCUT2D eigenvalue weighted by Crippen LogP contribution is 2.41. The van der Waals surface area contributed by atoms with Crippen molar-refractivity contribution in [1.29, 1.82) is 0 Å². The molecule has 1 aliphatic heterocycles. The zero-order valence-corrected chi connectivity index (χ0v) is 25.0. The smallest absolute Gasteiger partial charge is 0.338 e. The first kappa shape index (κ1) is 30.3. The molecule has 0 amide bonds. The minimum Gasteiger partial charge on any atom is -0.493 e. The molecule has 2 aromatic carbocycles. The van der Waals surface area contributed by atoms with Crippen molar-refractivity contribution in [2.75, 3.05) is 41.7 Å². The number of nitrogens with zero attached hydrogens (tertiary/aromatic N) is 1. The Bertz CT molecular complexity index is 1740. The van der Waals surface area contributed by atoms with Crippen LogP contribution in [0.3, 0.4) is 0 Å². The minimum absolute atomic E-state index is 0.0483. The van der Waals surface area contributed by atoms with Crippen molar-refractivity contribution >= 4 is 40.7 Å². The molecule has 12 heteroatoms. The maximum absolute atomic E-state index is 13.8. The molecule has 0 spiro atoms. The van der Waals surface area contributed by atoms with Crippen molar-refractivity contribution in [1.82, 2.24) is 4.57 Å². The van der Waals surface area contributed by atoms with Gasteiger partial charge < -0.3 is 34.2 Å². The first-order valence-corrected chi connectivity index (χ1v) is 13.8. The number of aromatic nitrogens is 1. The number of carbonyl (C=O) groups is 2. The first-order valence-electron chi connectivity index (χ1n) is 13.0. The Morgan fingerprint density at radius 3 is 1.95 bits per heavy atom. The number of fused-ring (bicyclic) bond motifs is 1. The highest BCUT2D eigenvalue weighted by molar-refractivity contribution is 7.07. The zero-order chi connectivity index (χ0) is 30.6. The molecule has 11 nitrogen and oxygen atoms in total. The second-order valence-corrected chi connectivity index (χ2v) is 9.90. The van der Waals surface area contributed by atoms with E-state index in [9.17, 15) is 14.4 Å². The topological polar surface area (TPSA) is 138 Å². The molecule has 4 rings (SSSR count). The second-order valence-electron chi connectivity index (χ2n) is 8.87. The summed E-state index contributed by atoms with van der Waals surface area (Å²) in [5.41, 5.74) is 7.19. The fourth-order valence-corrected chi connectivity index (χ4v) is 5.89. The van der Waals surface area contributed by atoms with E-state index in [4.69, 9.17) is 34.2 Å². The molecule has 1 aliphatic rings. The van der Waals surface area contributed by atoms with Gasteiger partial charge in [-0.25, -0.2) is 9.59 Å². The van der Waals surface area contributed by atoms with E-state index in [0.717, 1.165) is 15.9 Å². The molecule has 222 valence electrons. The number of ether oxygens (including phenoxy) is 6. The molecule has 2 N–H and O–H groups in total. The van der Waals surface area contributed by atoms with Crippen LogP contribution in [-0.2, 0) is 19.1 Å². The molecule has 42 heavy (non-hydrogen) atoms. The van der Waals surface area contributed by atoms with Crippen LogP contribution in [0.2, 0.25) is 0 Å². The molecule has 2 heterocycles. The summed E-state index contributed by atoms with van der Waals surface area (Å²) in [4.78, 5) is 40.8. The van der Waals surface area contributed by atoms with E-state index in [0.29, 0.717) is 34.1 Å². The van der Waals surface area contributed by atoms with Gasteiger partial charge in [-0.1, -0.05) is 12.1 Å². The lowest BCUT2D eigenvalue weighted by Gasteiger charge is -2.27. The van der Waals surface area contributed by atoms with Gasteiger partial charge in [0.25, 0.3) is 5.56 Å². The van der Waals surface area contributed by atoms with Crippen molar-refractivity contribution in [2.45, 2.75) is 19.8 Å². The average molecular weight is 597 g/mol. The minimum atomic E-state index is -1.03. The summed E-state index contributed by atoms with van der Waals surface area (Å²) >= 11 is 1.05. The van der Waals surface area contributed by atoms with E-state index in [-0.39, 0.29) is 39.4 Å². The number of methoxy groups -OCH3 is 4. The number of hydrogen-bond acceptors (Lipinski definition) is 11. The standard InChI is InChI=1S/C30H32N2O9S/c1-7-40-29(34)24-23(17-10-12-19(37-4)21(15-17)39-6)25(30(35)41-8-2)28-32(26(24)31)27(33)22(42-28)14-16-9-11-18(36-3)20(13-16)38-5/h9-15,23H,7-8,31H2,1-6H3/b22-14+/t23-/m0/s1. The molecular weight excluding hydrogens is 564 g/mol. The van der Waals surface area contributed by atoms with Crippen LogP contribution in [-0.4, -0.2) is 58.2 Å². The summed E-state index contributed by atoms with van der Waals surface area (Å²) in [5, 5.41) is 0. The third-order valence-corrected chi connectivity index (χ3v) is 7.69. The van der Waals surface area contributed by atoms with E-state index >= 15 is 0 Å². The molecule has 0 fully saturated rings. The van der Waals surface area contributed by atoms with Gasteiger partial charge in [-0.05, 0) is 55.3 Å². The van der Waals surface area contributed by atoms with Crippen LogP contribution in [0.15, 0.2) is 46.8 Å². The number of nitrogens with two attached hydrogens (primary N) is 1. The number of hydrogen-bond donors (Lipinski definition) is 1. The van der Waals surface area contributed by atoms with E-state index in [1.165, 1.54) is 28.4 Å². The van der Waals surface area contributed by atoms with Gasteiger partial charge in [0.05, 0.1) is 63.2 Å². The van der Waals surface area contributed by atoms with Crippen LogP contribution in [0.4, 0.5) is 0 Å². The normalized spacial score (nSPS) is 14.8. The Morgan fingerprint density at radius 2 is 1.38 bits per heavy atom. The maximum Gasteiger partial charge on any atom is 0.338 e. The predicted octanol–water partition coefficient (Wildman–Crippen LogP) is 1.97. The van der Waals surface area contributed by atoms with Gasteiger partial charge >= 0.3 is 11.9 Å². The van der Waals surface area contributed by atoms with Gasteiger partial charge in [-0.15, -0.1) is 11.3 Å². The van der Waals surface area contributed by atoms with Crippen LogP contribution in [0.5, 0.6) is 23.0 Å². The molecular formula is C30H32N2O9S. The summed E-state index contributed by atoms with van der Waals surface area (Å²) in [6.45, 7) is 3.43. The molecule has 0 aliphatic carbocycles. The third kappa shape index (κ3) is 5.45. The molecule has 0 bridgehead atoms. The van der Waals surface area contributed by atoms with E-state index < -0.39 is 23.4 Å². The van der Waals surface area contributed by atoms with Gasteiger partial charge in [0.1, 0.15) is 10.5 Å². The summed E-state index contributed by atoms with van der Waals surface area (Å²) in [5.74, 6) is -0.840. The molecule has 0 saturated heterocycles. The summed E-state index contributed by atoms with van der Waals surface area (Å²) < 4.78 is 34.0. The molecule has 0 unspecified atom stereocenters. The number of esters is 2. The van der Waals surface area contributed by atoms with Crippen molar-refractivity contribution < 1.29 is 38.0 Å². The SMILES string of the molecule is CCOC(=O)C1=C(N)n2c(s/c(=C/c3ccc(OC)c(OC)c3)c2=O)=C(C(=O)OCC)[C@H]1c1ccc(OC)c(OC)c1. The second kappa shape index (κ2) is 12.9. The Morgan fingerprint density at radius 1 is 0.833 bits per heavy atom. The summed E-state index contributed by atoms with van der Waals surface area (Å²) in [6, 6.07) is 10.2. The Labute approximate surface area is 246 Å². The van der Waals surface area contributed by atoms with Gasteiger partial charge in [0, 0.05) is 0 Å². The highest BCUT2D eigenvalue weighted by atomic mass is 32.1. The van der Waals surface area contributed by atoms with Crippen LogP contribution >= 0.6 is 11.3 Å². The van der Waals surface area contributed by atoms with Gasteiger partial charge in [-0.2, -0.15) is 0 Å². The Kier molecular flexibility index (Phi) is 9.26. The highest BCUT2D eigenvalue weighted by Gasteiger charge is 2.40. The van der Waals surface area contributed by atoms with Gasteiger partial charge in [-0.3, -0.25) is 9.36 Å². The lowest BCUT2D eigenvalue weighted by molar-refractivity contribution is -0.138. The quantitative estimate of drug-likeness (QED) is 0.346. The van der Waals surface area contributed by atoms with E-state index in [1.54, 1.807) is 56.3 Å². The summed E-state index contributed by atoms with van der Waals surface area (Å²) in [6.07, 6.45) is 1.64. The van der Waals surface area contributed by atoms with E-state index in [1.807, 2.05) is 0 Å². The Hall–Kier alpha value is -4.71. The number of thiazole rings is 1. The first-order chi connectivity index (χ1) is 20.2. The number of rotatable bonds is 10. The average Bonchev–Trinajstić information content (AvgIpc) is 3.31. The lowest BCUT2D eigenvalue weighted by atomic mass is 9.83. The van der Waals surface area contributed by atoms with Crippen LogP contribution in [0.1, 0.15) is 30.9 Å². The van der Waals surface area contributed by atoms with Gasteiger partial charge in [0.15, 0.2) is 23.0 Å². The van der Waals surface area contributed by atoms with Crippen molar-refractivity contribution in [3.8, 4) is 23.0 Å². The maximum atomic E-state index is 13.8. The lowest BCUT2D eigenvalue weighted by Crippen LogP contribution is -2.42. The third-order valence-electron chi connectivity index (χ3n) is 6.59. The molecule has 1 atom stereocenters. The fourth-order valence-electron chi connectivity index (χ4n) is 4.72. The number of benzene rings is 2. The summed E-state index contributed by atoms with van der Waals surface area (Å²) in [7, 11) is 6.01. The van der Waals surface area contributed by atoms with Crippen LogP contribution in [0, 0.1) is 0 Å². The monoisotopic (exact) mass is 596 g/mol. The largest absolute Gasteiger partial charge is 0.493 e. The predicted molar refractivity (Wildman–Crippen MR) is 157 cm³/mol. The van der Waals surface area contributed by atoms with E-state index in [2.05, 4.69) is 0 Å². The molecule has 0 saturated carbocycles. The zero-order valence-electron chi connectivity index (χ0n) is 24.1. The number of carbonyl (C=O) groups excluding carboxylic acids is 2. The van der Waals surface area contributed by atoms with Gasteiger partial charge in [0.2, 0.25) is 0 Å². The van der Waals surface area contributed by atoms with Crippen molar-refractivity contribution in [3.05, 3.63) is 72.6 Å². The fraction of sp³-hybridized carbons (Fsp3) is 0.300.